The van der Waals surface area contributed by atoms with Crippen molar-refractivity contribution < 1.29 is 21.2 Å². The molecular formula is C11H13Cl2NOPt. The van der Waals surface area contributed by atoms with Gasteiger partial charge in [0.1, 0.15) is 0 Å². The standard InChI is InChI=1S/C11H13NO.2ClH.Pt/c1-13-11(8-5-9-12)10-6-3-2-4-7-10;;;/h2-4,6-7,11H,5,8H2,1H3;2*1H;/q;;;+2/p-2. The van der Waals surface area contributed by atoms with Crippen LogP contribution in [0.15, 0.2) is 30.3 Å². The summed E-state index contributed by atoms with van der Waals surface area (Å²) in [7, 11) is 11.4. The van der Waals surface area contributed by atoms with E-state index in [0.717, 1.165) is 12.0 Å². The van der Waals surface area contributed by atoms with Gasteiger partial charge in [-0.15, -0.1) is 0 Å². The van der Waals surface area contributed by atoms with Crippen molar-refractivity contribution in [3.05, 3.63) is 35.9 Å². The zero-order chi connectivity index (χ0) is 12.2. The third-order valence-electron chi connectivity index (χ3n) is 1.97. The molecule has 92 valence electrons. The molecule has 0 saturated carbocycles. The first-order valence-corrected chi connectivity index (χ1v) is 10.2. The van der Waals surface area contributed by atoms with Gasteiger partial charge in [-0.05, 0) is 12.0 Å². The first-order valence-electron chi connectivity index (χ1n) is 4.57. The molecule has 1 aromatic carbocycles. The molecule has 2 nitrogen and oxygen atoms in total. The van der Waals surface area contributed by atoms with E-state index in [9.17, 15) is 0 Å². The van der Waals surface area contributed by atoms with Gasteiger partial charge in [0.15, 0.2) is 0 Å². The molecular weight excluding hydrogens is 428 g/mol. The number of ether oxygens (including phenoxy) is 1. The van der Waals surface area contributed by atoms with Crippen molar-refractivity contribution in [1.82, 2.24) is 0 Å². The molecule has 1 aromatic rings. The van der Waals surface area contributed by atoms with Gasteiger partial charge < -0.3 is 4.74 Å². The molecule has 0 heterocycles. The summed E-state index contributed by atoms with van der Waals surface area (Å²) in [6.07, 6.45) is 1.35. The van der Waals surface area contributed by atoms with E-state index in [0.29, 0.717) is 6.42 Å². The van der Waals surface area contributed by atoms with E-state index < -0.39 is 16.5 Å². The molecule has 16 heavy (non-hydrogen) atoms. The SMILES string of the molecule is COC(CCC#N)c1ccccc1.[Cl][Pt][Cl]. The normalized spacial score (nSPS) is 11.1. The fourth-order valence-electron chi connectivity index (χ4n) is 1.28. The predicted octanol–water partition coefficient (Wildman–Crippen LogP) is 4.05. The van der Waals surface area contributed by atoms with E-state index >= 15 is 0 Å². The predicted molar refractivity (Wildman–Crippen MR) is 62.7 cm³/mol. The van der Waals surface area contributed by atoms with Crippen LogP contribution in [-0.4, -0.2) is 7.11 Å². The van der Waals surface area contributed by atoms with Crippen molar-refractivity contribution in [3.63, 3.8) is 0 Å². The maximum atomic E-state index is 8.45. The number of halogens is 2. The van der Waals surface area contributed by atoms with Crippen molar-refractivity contribution in [2.24, 2.45) is 0 Å². The average Bonchev–Trinajstić information content (AvgIpc) is 2.32. The summed E-state index contributed by atoms with van der Waals surface area (Å²) in [6.45, 7) is 0. The molecule has 0 aliphatic heterocycles. The molecule has 0 amide bonds. The zero-order valence-corrected chi connectivity index (χ0v) is 12.6. The first kappa shape index (κ1) is 15.9. The molecule has 0 aromatic heterocycles. The summed E-state index contributed by atoms with van der Waals surface area (Å²) in [5.41, 5.74) is 1.14. The molecule has 0 fully saturated rings. The van der Waals surface area contributed by atoms with Gasteiger partial charge in [0.25, 0.3) is 0 Å². The van der Waals surface area contributed by atoms with E-state index in [1.165, 1.54) is 0 Å². The molecule has 0 radical (unpaired) electrons. The minimum atomic E-state index is -0.472. The quantitative estimate of drug-likeness (QED) is 0.707. The molecule has 0 saturated heterocycles. The van der Waals surface area contributed by atoms with Crippen molar-refractivity contribution in [3.8, 4) is 6.07 Å². The van der Waals surface area contributed by atoms with E-state index in [2.05, 4.69) is 6.07 Å². The van der Waals surface area contributed by atoms with Crippen LogP contribution in [-0.2, 0) is 21.2 Å². The molecule has 1 atom stereocenters. The molecule has 0 aliphatic rings. The molecule has 0 spiro atoms. The van der Waals surface area contributed by atoms with Gasteiger partial charge in [-0.1, -0.05) is 30.3 Å². The number of benzene rings is 1. The molecule has 0 bridgehead atoms. The van der Waals surface area contributed by atoms with Crippen LogP contribution in [0.25, 0.3) is 0 Å². The van der Waals surface area contributed by atoms with Gasteiger partial charge in [-0.3, -0.25) is 0 Å². The fourth-order valence-corrected chi connectivity index (χ4v) is 1.28. The summed E-state index contributed by atoms with van der Waals surface area (Å²) in [4.78, 5) is 0. The van der Waals surface area contributed by atoms with Crippen LogP contribution in [0.3, 0.4) is 0 Å². The van der Waals surface area contributed by atoms with Crippen LogP contribution in [0.2, 0.25) is 0 Å². The van der Waals surface area contributed by atoms with Gasteiger partial charge in [0, 0.05) is 13.5 Å². The van der Waals surface area contributed by atoms with Crippen LogP contribution in [0.4, 0.5) is 0 Å². The zero-order valence-electron chi connectivity index (χ0n) is 8.81. The second kappa shape index (κ2) is 11.4. The monoisotopic (exact) mass is 440 g/mol. The summed E-state index contributed by atoms with van der Waals surface area (Å²) in [5.74, 6) is 0. The Hall–Kier alpha value is -0.0617. The molecule has 0 aliphatic carbocycles. The minimum absolute atomic E-state index is 0.0563. The van der Waals surface area contributed by atoms with Crippen molar-refractivity contribution in [2.45, 2.75) is 18.9 Å². The Balaban J connectivity index is 0.000000673. The molecule has 0 N–H and O–H groups in total. The van der Waals surface area contributed by atoms with E-state index in [-0.39, 0.29) is 6.10 Å². The van der Waals surface area contributed by atoms with Gasteiger partial charge in [-0.25, -0.2) is 0 Å². The summed E-state index contributed by atoms with van der Waals surface area (Å²) in [5, 5.41) is 8.45. The topological polar surface area (TPSA) is 33.0 Å². The summed E-state index contributed by atoms with van der Waals surface area (Å²) >= 11 is -0.472. The molecule has 1 unspecified atom stereocenters. The van der Waals surface area contributed by atoms with Crippen LogP contribution in [0.1, 0.15) is 24.5 Å². The van der Waals surface area contributed by atoms with Crippen LogP contribution in [0, 0.1) is 11.3 Å². The number of nitrogens with zero attached hydrogens (tertiary/aromatic N) is 1. The Labute approximate surface area is 113 Å². The van der Waals surface area contributed by atoms with Crippen LogP contribution >= 0.6 is 18.8 Å². The second-order valence-electron chi connectivity index (χ2n) is 2.88. The third-order valence-corrected chi connectivity index (χ3v) is 1.97. The Morgan fingerprint density at radius 2 is 1.94 bits per heavy atom. The molecule has 1 rings (SSSR count). The van der Waals surface area contributed by atoms with Crippen LogP contribution in [0.5, 0.6) is 0 Å². The van der Waals surface area contributed by atoms with Gasteiger partial charge in [0.05, 0.1) is 12.2 Å². The third kappa shape index (κ3) is 7.25. The van der Waals surface area contributed by atoms with Gasteiger partial charge in [-0.2, -0.15) is 5.26 Å². The van der Waals surface area contributed by atoms with Crippen molar-refractivity contribution >= 4 is 18.8 Å². The first-order chi connectivity index (χ1) is 7.79. The Kier molecular flexibility index (Phi) is 11.4. The van der Waals surface area contributed by atoms with Gasteiger partial charge in [0.2, 0.25) is 0 Å². The molecule has 5 heteroatoms. The summed E-state index contributed by atoms with van der Waals surface area (Å²) < 4.78 is 5.29. The van der Waals surface area contributed by atoms with E-state index in [1.807, 2.05) is 30.3 Å². The van der Waals surface area contributed by atoms with Crippen molar-refractivity contribution in [2.75, 3.05) is 7.11 Å². The number of hydrogen-bond acceptors (Lipinski definition) is 2. The number of methoxy groups -OCH3 is 1. The maximum absolute atomic E-state index is 8.45. The average molecular weight is 441 g/mol. The Bertz CT molecular complexity index is 303. The number of rotatable bonds is 4. The van der Waals surface area contributed by atoms with E-state index in [1.54, 1.807) is 7.11 Å². The van der Waals surface area contributed by atoms with Crippen molar-refractivity contribution in [1.29, 1.82) is 5.26 Å². The van der Waals surface area contributed by atoms with Crippen LogP contribution < -0.4 is 0 Å². The summed E-state index contributed by atoms with van der Waals surface area (Å²) in [6, 6.07) is 12.1. The Morgan fingerprint density at radius 3 is 2.38 bits per heavy atom. The second-order valence-corrected chi connectivity index (χ2v) is 6.16. The van der Waals surface area contributed by atoms with E-state index in [4.69, 9.17) is 28.8 Å². The number of hydrogen-bond donors (Lipinski definition) is 0. The Morgan fingerprint density at radius 1 is 1.38 bits per heavy atom. The fraction of sp³-hybridized carbons (Fsp3) is 0.364. The number of nitriles is 1. The van der Waals surface area contributed by atoms with Gasteiger partial charge >= 0.3 is 35.3 Å².